The number of carbonyl (C=O) groups is 2. The molecule has 8 nitrogen and oxygen atoms in total. The molecule has 0 spiro atoms. The van der Waals surface area contributed by atoms with Crippen molar-refractivity contribution in [1.29, 1.82) is 0 Å². The molecule has 1 aliphatic heterocycles. The van der Waals surface area contributed by atoms with Crippen molar-refractivity contribution in [3.05, 3.63) is 69.0 Å². The molecule has 140 valence electrons. The first-order chi connectivity index (χ1) is 12.8. The van der Waals surface area contributed by atoms with E-state index in [2.05, 4.69) is 0 Å². The van der Waals surface area contributed by atoms with Crippen LogP contribution in [-0.4, -0.2) is 47.4 Å². The molecule has 1 heterocycles. The monoisotopic (exact) mass is 373 g/mol. The predicted molar refractivity (Wildman–Crippen MR) is 92.9 cm³/mol. The van der Waals surface area contributed by atoms with Crippen LogP contribution in [0.15, 0.2) is 36.4 Å². The van der Waals surface area contributed by atoms with Gasteiger partial charge in [-0.2, -0.15) is 0 Å². The zero-order valence-electron chi connectivity index (χ0n) is 14.6. The molecule has 0 aromatic heterocycles. The highest BCUT2D eigenvalue weighted by Gasteiger charge is 2.41. The maximum atomic E-state index is 13.8. The van der Waals surface area contributed by atoms with Crippen LogP contribution in [0.4, 0.5) is 10.1 Å². The van der Waals surface area contributed by atoms with Crippen LogP contribution in [0.1, 0.15) is 26.3 Å². The summed E-state index contributed by atoms with van der Waals surface area (Å²) in [7, 11) is 3.02. The molecule has 9 heteroatoms. The van der Waals surface area contributed by atoms with Gasteiger partial charge in [-0.05, 0) is 30.8 Å². The van der Waals surface area contributed by atoms with Crippen LogP contribution >= 0.6 is 0 Å². The molecule has 2 aromatic carbocycles. The largest absolute Gasteiger partial charge is 0.494 e. The lowest BCUT2D eigenvalue weighted by atomic mass is 10.1. The molecule has 0 radical (unpaired) electrons. The second kappa shape index (κ2) is 7.12. The highest BCUT2D eigenvalue weighted by atomic mass is 19.1. The van der Waals surface area contributed by atoms with Gasteiger partial charge < -0.3 is 4.74 Å². The molecule has 1 aliphatic rings. The molecule has 0 saturated carbocycles. The van der Waals surface area contributed by atoms with E-state index in [0.29, 0.717) is 5.56 Å². The summed E-state index contributed by atoms with van der Waals surface area (Å²) >= 11 is 0. The Morgan fingerprint density at radius 1 is 1.22 bits per heavy atom. The highest BCUT2D eigenvalue weighted by Crippen LogP contribution is 2.30. The van der Waals surface area contributed by atoms with Crippen LogP contribution in [0.3, 0.4) is 0 Å². The van der Waals surface area contributed by atoms with Crippen molar-refractivity contribution in [2.75, 3.05) is 20.8 Å². The van der Waals surface area contributed by atoms with E-state index in [-0.39, 0.29) is 30.1 Å². The fourth-order valence-corrected chi connectivity index (χ4v) is 3.01. The first-order valence-electron chi connectivity index (χ1n) is 7.98. The minimum Gasteiger partial charge on any atom is -0.494 e. The van der Waals surface area contributed by atoms with Crippen LogP contribution in [0, 0.1) is 15.9 Å². The fourth-order valence-electron chi connectivity index (χ4n) is 3.01. The minimum atomic E-state index is -0.713. The van der Waals surface area contributed by atoms with Crippen LogP contribution < -0.4 is 4.74 Å². The Labute approximate surface area is 153 Å². The van der Waals surface area contributed by atoms with E-state index in [0.717, 1.165) is 4.90 Å². The van der Waals surface area contributed by atoms with Crippen LogP contribution in [0.5, 0.6) is 5.75 Å². The number of halogens is 1. The number of carbonyl (C=O) groups excluding carboxylic acids is 2. The Balaban J connectivity index is 1.77. The molecule has 0 bridgehead atoms. The Morgan fingerprint density at radius 3 is 2.59 bits per heavy atom. The molecule has 0 saturated heterocycles. The smallest absolute Gasteiger partial charge is 0.282 e. The highest BCUT2D eigenvalue weighted by molar-refractivity contribution is 6.23. The van der Waals surface area contributed by atoms with Crippen molar-refractivity contribution in [3.8, 4) is 5.75 Å². The number of rotatable bonds is 6. The molecule has 0 atom stereocenters. The van der Waals surface area contributed by atoms with Gasteiger partial charge in [0.25, 0.3) is 17.5 Å². The lowest BCUT2D eigenvalue weighted by Gasteiger charge is -2.23. The quantitative estimate of drug-likeness (QED) is 0.439. The Morgan fingerprint density at radius 2 is 1.96 bits per heavy atom. The van der Waals surface area contributed by atoms with Crippen molar-refractivity contribution in [1.82, 2.24) is 9.80 Å². The van der Waals surface area contributed by atoms with Gasteiger partial charge >= 0.3 is 0 Å². The number of hydrogen-bond donors (Lipinski definition) is 0. The number of methoxy groups -OCH3 is 1. The van der Waals surface area contributed by atoms with Crippen molar-refractivity contribution in [2.45, 2.75) is 6.54 Å². The van der Waals surface area contributed by atoms with E-state index < -0.39 is 28.2 Å². The zero-order chi connectivity index (χ0) is 19.7. The topological polar surface area (TPSA) is 93.0 Å². The average Bonchev–Trinajstić information content (AvgIpc) is 2.87. The number of nitro benzene ring substituents is 1. The Kier molecular flexibility index (Phi) is 4.87. The normalized spacial score (nSPS) is 13.3. The lowest BCUT2D eigenvalue weighted by molar-refractivity contribution is -0.385. The van der Waals surface area contributed by atoms with E-state index in [1.54, 1.807) is 18.0 Å². The number of amides is 2. The molecule has 27 heavy (non-hydrogen) atoms. The average molecular weight is 373 g/mol. The van der Waals surface area contributed by atoms with E-state index in [1.165, 1.54) is 37.4 Å². The van der Waals surface area contributed by atoms with Gasteiger partial charge in [0.1, 0.15) is 5.56 Å². The summed E-state index contributed by atoms with van der Waals surface area (Å²) < 4.78 is 18.7. The lowest BCUT2D eigenvalue weighted by Crippen LogP contribution is -2.39. The molecule has 2 amide bonds. The second-order valence-corrected chi connectivity index (χ2v) is 6.12. The summed E-state index contributed by atoms with van der Waals surface area (Å²) in [6, 6.07) is 8.42. The summed E-state index contributed by atoms with van der Waals surface area (Å²) in [5.74, 6) is -1.70. The first kappa shape index (κ1) is 18.5. The number of nitro groups is 1. The minimum absolute atomic E-state index is 0.0121. The fraction of sp³-hybridized carbons (Fsp3) is 0.222. The molecule has 3 rings (SSSR count). The van der Waals surface area contributed by atoms with Crippen LogP contribution in [0.2, 0.25) is 0 Å². The third kappa shape index (κ3) is 3.36. The van der Waals surface area contributed by atoms with Crippen molar-refractivity contribution in [3.63, 3.8) is 0 Å². The molecule has 0 unspecified atom stereocenters. The summed E-state index contributed by atoms with van der Waals surface area (Å²) in [6.45, 7) is 0.174. The molecular formula is C18H16FN3O5. The van der Waals surface area contributed by atoms with Gasteiger partial charge in [0, 0.05) is 12.6 Å². The van der Waals surface area contributed by atoms with Crippen molar-refractivity contribution < 1.29 is 23.6 Å². The van der Waals surface area contributed by atoms with Gasteiger partial charge in [0.2, 0.25) is 0 Å². The van der Waals surface area contributed by atoms with E-state index in [9.17, 15) is 24.1 Å². The summed E-state index contributed by atoms with van der Waals surface area (Å²) in [5, 5.41) is 11.1. The van der Waals surface area contributed by atoms with Crippen molar-refractivity contribution in [2.24, 2.45) is 0 Å². The van der Waals surface area contributed by atoms with Gasteiger partial charge in [0.15, 0.2) is 11.6 Å². The second-order valence-electron chi connectivity index (χ2n) is 6.12. The van der Waals surface area contributed by atoms with Crippen LogP contribution in [0.25, 0.3) is 0 Å². The van der Waals surface area contributed by atoms with Gasteiger partial charge in [-0.3, -0.25) is 29.5 Å². The number of hydrogen-bond acceptors (Lipinski definition) is 6. The maximum absolute atomic E-state index is 13.8. The first-order valence-corrected chi connectivity index (χ1v) is 7.98. The number of imide groups is 1. The van der Waals surface area contributed by atoms with E-state index in [4.69, 9.17) is 4.74 Å². The van der Waals surface area contributed by atoms with Gasteiger partial charge in [0.05, 0.1) is 24.3 Å². The van der Waals surface area contributed by atoms with Gasteiger partial charge in [-0.1, -0.05) is 12.1 Å². The third-order valence-corrected chi connectivity index (χ3v) is 4.23. The van der Waals surface area contributed by atoms with E-state index >= 15 is 0 Å². The molecule has 2 aromatic rings. The number of benzene rings is 2. The third-order valence-electron chi connectivity index (χ3n) is 4.23. The van der Waals surface area contributed by atoms with Gasteiger partial charge in [-0.25, -0.2) is 4.39 Å². The summed E-state index contributed by atoms with van der Waals surface area (Å²) in [4.78, 5) is 38.1. The molecular weight excluding hydrogens is 357 g/mol. The number of fused-ring (bicyclic) bond motifs is 1. The molecule has 0 fully saturated rings. The SMILES string of the molecule is COc1ccc(CN(C)CN2C(=O)c3cccc([N+](=O)[O-])c3C2=O)cc1F. The Bertz CT molecular complexity index is 947. The number of nitrogens with zero attached hydrogens (tertiary/aromatic N) is 3. The molecule has 0 N–H and O–H groups in total. The summed E-state index contributed by atoms with van der Waals surface area (Å²) in [6.07, 6.45) is 0. The summed E-state index contributed by atoms with van der Waals surface area (Å²) in [5.41, 5.74) is 0.0427. The molecule has 0 aliphatic carbocycles. The zero-order valence-corrected chi connectivity index (χ0v) is 14.6. The predicted octanol–water partition coefficient (Wildman–Crippen LogP) is 2.43. The van der Waals surface area contributed by atoms with E-state index in [1.807, 2.05) is 0 Å². The Hall–Kier alpha value is -3.33. The van der Waals surface area contributed by atoms with Gasteiger partial charge in [-0.15, -0.1) is 0 Å². The standard InChI is InChI=1S/C18H16FN3O5/c1-20(9-11-6-7-15(27-2)13(19)8-11)10-21-17(23)12-4-3-5-14(22(25)26)16(12)18(21)24/h3-8H,9-10H2,1-2H3. The maximum Gasteiger partial charge on any atom is 0.282 e. The van der Waals surface area contributed by atoms with Crippen LogP contribution in [-0.2, 0) is 6.54 Å². The van der Waals surface area contributed by atoms with Crippen molar-refractivity contribution >= 4 is 17.5 Å². The number of ether oxygens (including phenoxy) is 1.